The SMILES string of the molecule is Cc1noc(C)c1S(=O)(=O)N[C@@H](C)C(=O)N1CCN(CC(=O)Nc2ccccc2Cl)CC1. The van der Waals surface area contributed by atoms with E-state index in [1.54, 1.807) is 29.2 Å². The highest BCUT2D eigenvalue weighted by Crippen LogP contribution is 2.21. The molecule has 1 aromatic heterocycles. The van der Waals surface area contributed by atoms with Crippen molar-refractivity contribution >= 4 is 39.1 Å². The lowest BCUT2D eigenvalue weighted by atomic mass is 10.2. The summed E-state index contributed by atoms with van der Waals surface area (Å²) in [5, 5.41) is 6.89. The van der Waals surface area contributed by atoms with Crippen molar-refractivity contribution in [2.75, 3.05) is 38.0 Å². The summed E-state index contributed by atoms with van der Waals surface area (Å²) in [5.41, 5.74) is 0.783. The molecule has 0 saturated carbocycles. The second-order valence-electron chi connectivity index (χ2n) is 7.63. The van der Waals surface area contributed by atoms with Gasteiger partial charge in [-0.25, -0.2) is 8.42 Å². The van der Waals surface area contributed by atoms with Crippen LogP contribution in [-0.4, -0.2) is 74.0 Å². The first-order chi connectivity index (χ1) is 15.1. The third kappa shape index (κ3) is 5.66. The molecule has 1 aromatic carbocycles. The number of piperazine rings is 1. The van der Waals surface area contributed by atoms with Crippen molar-refractivity contribution in [3.05, 3.63) is 40.7 Å². The molecule has 1 saturated heterocycles. The lowest BCUT2D eigenvalue weighted by molar-refractivity contribution is -0.134. The zero-order chi connectivity index (χ0) is 23.5. The minimum atomic E-state index is -3.95. The van der Waals surface area contributed by atoms with Crippen molar-refractivity contribution in [2.24, 2.45) is 0 Å². The Hall–Kier alpha value is -2.47. The normalized spacial score (nSPS) is 16.1. The summed E-state index contributed by atoms with van der Waals surface area (Å²) < 4.78 is 32.6. The van der Waals surface area contributed by atoms with E-state index in [0.29, 0.717) is 36.9 Å². The third-order valence-electron chi connectivity index (χ3n) is 5.14. The molecule has 2 amide bonds. The molecule has 0 spiro atoms. The van der Waals surface area contributed by atoms with Crippen LogP contribution in [0.2, 0.25) is 5.02 Å². The van der Waals surface area contributed by atoms with E-state index in [2.05, 4.69) is 15.2 Å². The molecule has 0 radical (unpaired) electrons. The number of carbonyl (C=O) groups is 2. The predicted octanol–water partition coefficient (Wildman–Crippen LogP) is 1.39. The van der Waals surface area contributed by atoms with Gasteiger partial charge in [-0.3, -0.25) is 14.5 Å². The number of para-hydroxylation sites is 1. The van der Waals surface area contributed by atoms with Gasteiger partial charge in [0.2, 0.25) is 21.8 Å². The summed E-state index contributed by atoms with van der Waals surface area (Å²) in [5.74, 6) is -0.364. The lowest BCUT2D eigenvalue weighted by Crippen LogP contribution is -2.55. The Morgan fingerprint density at radius 1 is 1.19 bits per heavy atom. The summed E-state index contributed by atoms with van der Waals surface area (Å²) in [4.78, 5) is 28.5. The molecule has 0 unspecified atom stereocenters. The number of carbonyl (C=O) groups excluding carboxylic acids is 2. The van der Waals surface area contributed by atoms with Crippen LogP contribution < -0.4 is 10.0 Å². The van der Waals surface area contributed by atoms with Gasteiger partial charge in [0.15, 0.2) is 5.76 Å². The topological polar surface area (TPSA) is 125 Å². The molecule has 1 aliphatic rings. The monoisotopic (exact) mass is 483 g/mol. The maximum absolute atomic E-state index is 12.8. The quantitative estimate of drug-likeness (QED) is 0.609. The maximum atomic E-state index is 12.8. The van der Waals surface area contributed by atoms with Gasteiger partial charge in [0.25, 0.3) is 0 Å². The Balaban J connectivity index is 1.50. The van der Waals surface area contributed by atoms with Crippen molar-refractivity contribution in [2.45, 2.75) is 31.7 Å². The average molecular weight is 484 g/mol. The first kappa shape index (κ1) is 24.2. The number of aromatic nitrogens is 1. The van der Waals surface area contributed by atoms with E-state index in [9.17, 15) is 18.0 Å². The molecule has 0 bridgehead atoms. The largest absolute Gasteiger partial charge is 0.360 e. The highest BCUT2D eigenvalue weighted by molar-refractivity contribution is 7.89. The standard InChI is InChI=1S/C20H26ClN5O5S/c1-13-19(15(3)31-23-13)32(29,30)24-14(2)20(28)26-10-8-25(9-11-26)12-18(27)22-17-7-5-4-6-16(17)21/h4-7,14,24H,8-12H2,1-3H3,(H,22,27)/t14-/m0/s1. The zero-order valence-electron chi connectivity index (χ0n) is 18.1. The molecular formula is C20H26ClN5O5S. The van der Waals surface area contributed by atoms with Crippen molar-refractivity contribution in [3.8, 4) is 0 Å². The average Bonchev–Trinajstić information content (AvgIpc) is 3.08. The number of anilines is 1. The molecule has 1 fully saturated rings. The number of nitrogens with zero attached hydrogens (tertiary/aromatic N) is 3. The van der Waals surface area contributed by atoms with Crippen LogP contribution in [0.15, 0.2) is 33.7 Å². The van der Waals surface area contributed by atoms with E-state index in [0.717, 1.165) is 0 Å². The van der Waals surface area contributed by atoms with Gasteiger partial charge in [-0.2, -0.15) is 4.72 Å². The summed E-state index contributed by atoms with van der Waals surface area (Å²) in [6.45, 7) is 6.45. The Morgan fingerprint density at radius 2 is 1.84 bits per heavy atom. The van der Waals surface area contributed by atoms with Crippen LogP contribution in [0.4, 0.5) is 5.69 Å². The number of amides is 2. The summed E-state index contributed by atoms with van der Waals surface area (Å²) in [7, 11) is -3.95. The highest BCUT2D eigenvalue weighted by Gasteiger charge is 2.31. The molecule has 3 rings (SSSR count). The minimum absolute atomic E-state index is 0.0495. The van der Waals surface area contributed by atoms with Gasteiger partial charge >= 0.3 is 0 Å². The van der Waals surface area contributed by atoms with Crippen LogP contribution >= 0.6 is 11.6 Å². The van der Waals surface area contributed by atoms with Crippen LogP contribution in [0.3, 0.4) is 0 Å². The first-order valence-electron chi connectivity index (χ1n) is 10.1. The molecular weight excluding hydrogens is 458 g/mol. The van der Waals surface area contributed by atoms with E-state index < -0.39 is 16.1 Å². The molecule has 2 aromatic rings. The maximum Gasteiger partial charge on any atom is 0.246 e. The van der Waals surface area contributed by atoms with Gasteiger partial charge < -0.3 is 14.7 Å². The molecule has 1 atom stereocenters. The van der Waals surface area contributed by atoms with E-state index in [4.69, 9.17) is 16.1 Å². The smallest absolute Gasteiger partial charge is 0.246 e. The predicted molar refractivity (Wildman–Crippen MR) is 119 cm³/mol. The fourth-order valence-electron chi connectivity index (χ4n) is 3.56. The molecule has 12 heteroatoms. The van der Waals surface area contributed by atoms with E-state index >= 15 is 0 Å². The highest BCUT2D eigenvalue weighted by atomic mass is 35.5. The van der Waals surface area contributed by atoms with Crippen LogP contribution in [0.25, 0.3) is 0 Å². The third-order valence-corrected chi connectivity index (χ3v) is 7.25. The van der Waals surface area contributed by atoms with Crippen LogP contribution in [0.1, 0.15) is 18.4 Å². The van der Waals surface area contributed by atoms with Gasteiger partial charge in [0.1, 0.15) is 10.6 Å². The number of sulfonamides is 1. The molecule has 10 nitrogen and oxygen atoms in total. The van der Waals surface area contributed by atoms with Gasteiger partial charge in [-0.05, 0) is 32.9 Å². The number of aryl methyl sites for hydroxylation is 2. The molecule has 0 aliphatic carbocycles. The number of hydrogen-bond donors (Lipinski definition) is 2. The van der Waals surface area contributed by atoms with E-state index in [1.807, 2.05) is 4.90 Å². The molecule has 2 N–H and O–H groups in total. The van der Waals surface area contributed by atoms with E-state index in [-0.39, 0.29) is 34.7 Å². The second-order valence-corrected chi connectivity index (χ2v) is 9.68. The lowest BCUT2D eigenvalue weighted by Gasteiger charge is -2.35. The first-order valence-corrected chi connectivity index (χ1v) is 12.0. The zero-order valence-corrected chi connectivity index (χ0v) is 19.7. The van der Waals surface area contributed by atoms with Crippen LogP contribution in [0.5, 0.6) is 0 Å². The number of halogens is 1. The van der Waals surface area contributed by atoms with Crippen molar-refractivity contribution in [1.29, 1.82) is 0 Å². The van der Waals surface area contributed by atoms with Crippen molar-refractivity contribution in [3.63, 3.8) is 0 Å². The van der Waals surface area contributed by atoms with Crippen LogP contribution in [-0.2, 0) is 19.6 Å². The van der Waals surface area contributed by atoms with Gasteiger partial charge in [0, 0.05) is 26.2 Å². The van der Waals surface area contributed by atoms with Gasteiger partial charge in [-0.1, -0.05) is 28.9 Å². The van der Waals surface area contributed by atoms with Crippen LogP contribution in [0, 0.1) is 13.8 Å². The fourth-order valence-corrected chi connectivity index (χ4v) is 5.26. The fraction of sp³-hybridized carbons (Fsp3) is 0.450. The summed E-state index contributed by atoms with van der Waals surface area (Å²) in [6, 6.07) is 6.03. The Bertz CT molecular complexity index is 1080. The number of hydrogen-bond acceptors (Lipinski definition) is 7. The Kier molecular flexibility index (Phi) is 7.55. The van der Waals surface area contributed by atoms with Crippen molar-refractivity contribution in [1.82, 2.24) is 19.7 Å². The minimum Gasteiger partial charge on any atom is -0.360 e. The van der Waals surface area contributed by atoms with Gasteiger partial charge in [0.05, 0.1) is 23.3 Å². The Morgan fingerprint density at radius 3 is 2.44 bits per heavy atom. The number of nitrogens with one attached hydrogen (secondary N) is 2. The van der Waals surface area contributed by atoms with E-state index in [1.165, 1.54) is 20.8 Å². The summed E-state index contributed by atoms with van der Waals surface area (Å²) >= 11 is 6.06. The number of benzene rings is 1. The van der Waals surface area contributed by atoms with Gasteiger partial charge in [-0.15, -0.1) is 0 Å². The Labute approximate surface area is 191 Å². The molecule has 1 aliphatic heterocycles. The second kappa shape index (κ2) is 9.99. The molecule has 32 heavy (non-hydrogen) atoms. The molecule has 2 heterocycles. The number of rotatable bonds is 7. The van der Waals surface area contributed by atoms with Crippen molar-refractivity contribution < 1.29 is 22.5 Å². The molecule has 174 valence electrons. The summed E-state index contributed by atoms with van der Waals surface area (Å²) in [6.07, 6.45) is 0.